The van der Waals surface area contributed by atoms with Gasteiger partial charge in [0.25, 0.3) is 0 Å². The minimum Gasteiger partial charge on any atom is -0.381 e. The lowest BCUT2D eigenvalue weighted by molar-refractivity contribution is -0.193. The second-order valence-electron chi connectivity index (χ2n) is 12.5. The molecule has 0 unspecified atom stereocenters. The van der Waals surface area contributed by atoms with Crippen molar-refractivity contribution in [2.75, 3.05) is 0 Å². The molecule has 0 aromatic rings. The molecule has 3 saturated carbocycles. The van der Waals surface area contributed by atoms with Crippen molar-refractivity contribution in [3.63, 3.8) is 0 Å². The van der Waals surface area contributed by atoms with Gasteiger partial charge in [-0.25, -0.2) is 0 Å². The molecule has 1 aliphatic heterocycles. The van der Waals surface area contributed by atoms with Crippen LogP contribution in [-0.2, 0) is 9.53 Å². The number of hydrogen-bond donors (Lipinski definition) is 1. The smallest absolute Gasteiger partial charge is 0.165 e. The second kappa shape index (κ2) is 6.91. The number of hydrogen-bond acceptors (Lipinski definition) is 3. The quantitative estimate of drug-likeness (QED) is 0.616. The molecular formula is C27H42O3. The average Bonchev–Trinajstić information content (AvgIpc) is 3.16. The molecule has 10 atom stereocenters. The van der Waals surface area contributed by atoms with Gasteiger partial charge in [0.15, 0.2) is 5.78 Å². The van der Waals surface area contributed by atoms with Crippen LogP contribution in [-0.4, -0.2) is 28.7 Å². The maximum Gasteiger partial charge on any atom is 0.165 e. The van der Waals surface area contributed by atoms with Crippen LogP contribution in [0.15, 0.2) is 12.2 Å². The minimum absolute atomic E-state index is 0.112. The van der Waals surface area contributed by atoms with E-state index in [2.05, 4.69) is 40.7 Å². The molecule has 0 aromatic carbocycles. The van der Waals surface area contributed by atoms with Gasteiger partial charge in [0.1, 0.15) is 5.60 Å². The van der Waals surface area contributed by atoms with Gasteiger partial charge >= 0.3 is 0 Å². The Kier molecular flexibility index (Phi) is 4.88. The zero-order valence-electron chi connectivity index (χ0n) is 19.7. The van der Waals surface area contributed by atoms with Crippen molar-refractivity contribution in [3.8, 4) is 0 Å². The van der Waals surface area contributed by atoms with Crippen LogP contribution in [0.1, 0.15) is 86.0 Å². The molecular weight excluding hydrogens is 372 g/mol. The van der Waals surface area contributed by atoms with Crippen LogP contribution in [0.25, 0.3) is 0 Å². The summed E-state index contributed by atoms with van der Waals surface area (Å²) in [7, 11) is 0. The highest BCUT2D eigenvalue weighted by molar-refractivity contribution is 5.90. The summed E-state index contributed by atoms with van der Waals surface area (Å²) in [4.78, 5) is 13.3. The molecule has 0 amide bonds. The van der Waals surface area contributed by atoms with Crippen LogP contribution in [0.2, 0.25) is 0 Å². The molecule has 1 heterocycles. The normalized spacial score (nSPS) is 54.6. The van der Waals surface area contributed by atoms with Gasteiger partial charge in [-0.15, -0.1) is 0 Å². The Balaban J connectivity index is 1.41. The summed E-state index contributed by atoms with van der Waals surface area (Å²) in [6, 6.07) is 0. The van der Waals surface area contributed by atoms with Crippen molar-refractivity contribution in [2.24, 2.45) is 46.3 Å². The predicted octanol–water partition coefficient (Wildman–Crippen LogP) is 5.55. The number of ketones is 1. The van der Waals surface area contributed by atoms with E-state index >= 15 is 0 Å². The van der Waals surface area contributed by atoms with E-state index in [1.807, 2.05) is 6.08 Å². The fraction of sp³-hybridized carbons (Fsp3) is 0.889. The van der Waals surface area contributed by atoms with Gasteiger partial charge in [-0.3, -0.25) is 4.79 Å². The highest BCUT2D eigenvalue weighted by Gasteiger charge is 2.69. The van der Waals surface area contributed by atoms with Crippen LogP contribution < -0.4 is 0 Å². The molecule has 1 saturated heterocycles. The van der Waals surface area contributed by atoms with E-state index in [0.29, 0.717) is 54.6 Å². The Morgan fingerprint density at radius 2 is 1.93 bits per heavy atom. The first-order valence-corrected chi connectivity index (χ1v) is 12.7. The van der Waals surface area contributed by atoms with Gasteiger partial charge in [0.2, 0.25) is 0 Å². The molecule has 0 radical (unpaired) electrons. The van der Waals surface area contributed by atoms with Gasteiger partial charge < -0.3 is 9.84 Å². The lowest BCUT2D eigenvalue weighted by atomic mass is 9.43. The summed E-state index contributed by atoms with van der Waals surface area (Å²) < 4.78 is 6.72. The van der Waals surface area contributed by atoms with Crippen LogP contribution in [0.3, 0.4) is 0 Å². The Bertz CT molecular complexity index is 742. The van der Waals surface area contributed by atoms with Crippen LogP contribution in [0.5, 0.6) is 0 Å². The summed E-state index contributed by atoms with van der Waals surface area (Å²) in [5, 5.41) is 11.5. The summed E-state index contributed by atoms with van der Waals surface area (Å²) in [6.45, 7) is 11.8. The van der Waals surface area contributed by atoms with Crippen molar-refractivity contribution in [1.29, 1.82) is 0 Å². The number of aliphatic hydroxyl groups is 1. The lowest BCUT2D eigenvalue weighted by Gasteiger charge is -2.61. The molecule has 5 aliphatic rings. The van der Waals surface area contributed by atoms with E-state index < -0.39 is 5.60 Å². The maximum atomic E-state index is 13.3. The predicted molar refractivity (Wildman–Crippen MR) is 119 cm³/mol. The number of fused-ring (bicyclic) bond motifs is 7. The molecule has 4 aliphatic carbocycles. The van der Waals surface area contributed by atoms with Gasteiger partial charge in [0, 0.05) is 18.3 Å². The van der Waals surface area contributed by atoms with E-state index in [4.69, 9.17) is 4.74 Å². The molecule has 0 bridgehead atoms. The third-order valence-electron chi connectivity index (χ3n) is 10.8. The van der Waals surface area contributed by atoms with Crippen molar-refractivity contribution in [1.82, 2.24) is 0 Å². The fourth-order valence-electron chi connectivity index (χ4n) is 9.14. The first-order valence-electron chi connectivity index (χ1n) is 12.7. The molecule has 30 heavy (non-hydrogen) atoms. The Morgan fingerprint density at radius 1 is 1.20 bits per heavy atom. The van der Waals surface area contributed by atoms with Crippen LogP contribution >= 0.6 is 0 Å². The van der Waals surface area contributed by atoms with Crippen molar-refractivity contribution < 1.29 is 14.6 Å². The van der Waals surface area contributed by atoms with Gasteiger partial charge in [-0.2, -0.15) is 0 Å². The molecule has 3 heteroatoms. The SMILES string of the molecule is CC(C)CC[C@H]1O[C@H]2C[C@H]3[C@@H]4CC(=O)[C@@]5(O)CC=CC[C@]5(C)[C@H]4CC[C@]3(C)[C@H]2[C@@H]1C. The monoisotopic (exact) mass is 414 g/mol. The molecule has 5 rings (SSSR count). The number of allylic oxidation sites excluding steroid dienone is 1. The number of ether oxygens (including phenoxy) is 1. The number of carbonyl (C=O) groups excluding carboxylic acids is 1. The average molecular weight is 415 g/mol. The highest BCUT2D eigenvalue weighted by atomic mass is 16.5. The second-order valence-corrected chi connectivity index (χ2v) is 12.5. The molecule has 4 fully saturated rings. The van der Waals surface area contributed by atoms with Crippen molar-refractivity contribution in [3.05, 3.63) is 12.2 Å². The molecule has 168 valence electrons. The van der Waals surface area contributed by atoms with Crippen LogP contribution in [0.4, 0.5) is 0 Å². The first-order chi connectivity index (χ1) is 14.1. The molecule has 3 nitrogen and oxygen atoms in total. The molecule has 1 N–H and O–H groups in total. The lowest BCUT2D eigenvalue weighted by Crippen LogP contribution is -2.65. The fourth-order valence-corrected chi connectivity index (χ4v) is 9.14. The largest absolute Gasteiger partial charge is 0.381 e. The minimum atomic E-state index is -1.14. The van der Waals surface area contributed by atoms with Gasteiger partial charge in [0.05, 0.1) is 12.2 Å². The van der Waals surface area contributed by atoms with Crippen molar-refractivity contribution in [2.45, 2.75) is 104 Å². The Hall–Kier alpha value is -0.670. The topological polar surface area (TPSA) is 46.5 Å². The van der Waals surface area contributed by atoms with E-state index in [1.165, 1.54) is 19.3 Å². The summed E-state index contributed by atoms with van der Waals surface area (Å²) >= 11 is 0. The summed E-state index contributed by atoms with van der Waals surface area (Å²) in [5.41, 5.74) is -1.15. The van der Waals surface area contributed by atoms with E-state index in [0.717, 1.165) is 25.2 Å². The summed E-state index contributed by atoms with van der Waals surface area (Å²) in [6.07, 6.45) is 12.9. The third kappa shape index (κ3) is 2.66. The Morgan fingerprint density at radius 3 is 2.67 bits per heavy atom. The van der Waals surface area contributed by atoms with E-state index in [1.54, 1.807) is 0 Å². The molecule has 0 spiro atoms. The highest BCUT2D eigenvalue weighted by Crippen LogP contribution is 2.69. The van der Waals surface area contributed by atoms with E-state index in [-0.39, 0.29) is 16.6 Å². The molecule has 0 aromatic heterocycles. The Labute approximate surface area is 183 Å². The number of rotatable bonds is 3. The van der Waals surface area contributed by atoms with E-state index in [9.17, 15) is 9.90 Å². The zero-order chi connectivity index (χ0) is 21.5. The third-order valence-corrected chi connectivity index (χ3v) is 10.8. The summed E-state index contributed by atoms with van der Waals surface area (Å²) in [5.74, 6) is 3.53. The maximum absolute atomic E-state index is 13.3. The zero-order valence-corrected chi connectivity index (χ0v) is 19.7. The standard InChI is InChI=1S/C27H42O3/c1-16(2)8-9-21-17(3)24-22(30-21)15-20-18-14-23(28)27(29)12-7-6-11-26(27,5)19(18)10-13-25(20,24)4/h6-7,16-22,24,29H,8-15H2,1-5H3/t17-,18-,19+,20+,21-,22+,24+,25+,26-,27+/m1/s1. The first kappa shape index (κ1) is 21.2. The van der Waals surface area contributed by atoms with Crippen molar-refractivity contribution >= 4 is 5.78 Å². The van der Waals surface area contributed by atoms with Crippen LogP contribution in [0, 0.1) is 46.3 Å². The number of Topliss-reactive ketones (excluding diaryl/α,β-unsaturated/α-hetero) is 1. The number of carbonyl (C=O) groups is 1. The van der Waals surface area contributed by atoms with Gasteiger partial charge in [-0.1, -0.05) is 46.8 Å². The van der Waals surface area contributed by atoms with Gasteiger partial charge in [-0.05, 0) is 79.4 Å².